The van der Waals surface area contributed by atoms with Gasteiger partial charge in [0.05, 0.1) is 23.5 Å². The number of halogens is 2. The van der Waals surface area contributed by atoms with Gasteiger partial charge in [-0.05, 0) is 24.6 Å². The number of sulfonamides is 1. The molecule has 1 aliphatic rings. The molecule has 1 aromatic heterocycles. The van der Waals surface area contributed by atoms with E-state index in [1.54, 1.807) is 18.5 Å². The largest absolute Gasteiger partial charge is 0.244 e. The van der Waals surface area contributed by atoms with E-state index in [9.17, 15) is 8.42 Å². The molecule has 9 heteroatoms. The van der Waals surface area contributed by atoms with Crippen molar-refractivity contribution in [1.82, 2.24) is 19.3 Å². The van der Waals surface area contributed by atoms with E-state index >= 15 is 0 Å². The first-order chi connectivity index (χ1) is 9.98. The Balaban J connectivity index is 1.88. The molecule has 1 fully saturated rings. The van der Waals surface area contributed by atoms with E-state index in [1.807, 2.05) is 0 Å². The van der Waals surface area contributed by atoms with E-state index in [-0.39, 0.29) is 16.0 Å². The first kappa shape index (κ1) is 14.8. The third-order valence-corrected chi connectivity index (χ3v) is 5.98. The molecule has 0 N–H and O–H groups in total. The topological polar surface area (TPSA) is 68.1 Å². The number of benzene rings is 1. The third kappa shape index (κ3) is 2.78. The molecule has 6 nitrogen and oxygen atoms in total. The molecule has 0 aliphatic carbocycles. The SMILES string of the molecule is O=S(=O)(c1cc(Cl)ccc1Cl)N1CC[C@H](n2nccn2)C1. The van der Waals surface area contributed by atoms with Crippen LogP contribution in [0.4, 0.5) is 0 Å². The van der Waals surface area contributed by atoms with Gasteiger partial charge in [-0.1, -0.05) is 23.2 Å². The highest BCUT2D eigenvalue weighted by Gasteiger charge is 2.35. The van der Waals surface area contributed by atoms with Crippen LogP contribution in [0.15, 0.2) is 35.5 Å². The average Bonchev–Trinajstić information content (AvgIpc) is 3.11. The van der Waals surface area contributed by atoms with E-state index in [0.717, 1.165) is 0 Å². The average molecular weight is 347 g/mol. The molecule has 1 aromatic carbocycles. The second kappa shape index (κ2) is 5.57. The summed E-state index contributed by atoms with van der Waals surface area (Å²) in [5.74, 6) is 0. The van der Waals surface area contributed by atoms with Crippen LogP contribution < -0.4 is 0 Å². The van der Waals surface area contributed by atoms with Gasteiger partial charge < -0.3 is 0 Å². The van der Waals surface area contributed by atoms with Gasteiger partial charge in [0.1, 0.15) is 4.90 Å². The Morgan fingerprint density at radius 1 is 1.19 bits per heavy atom. The number of aromatic nitrogens is 3. The maximum absolute atomic E-state index is 12.7. The lowest BCUT2D eigenvalue weighted by molar-refractivity contribution is 0.402. The molecule has 0 unspecified atom stereocenters. The van der Waals surface area contributed by atoms with Crippen LogP contribution in [0.5, 0.6) is 0 Å². The highest BCUT2D eigenvalue weighted by Crippen LogP contribution is 2.31. The Labute approximate surface area is 132 Å². The lowest BCUT2D eigenvalue weighted by Crippen LogP contribution is -2.29. The van der Waals surface area contributed by atoms with Crippen LogP contribution >= 0.6 is 23.2 Å². The molecular weight excluding hydrogens is 335 g/mol. The lowest BCUT2D eigenvalue weighted by atomic mass is 10.3. The van der Waals surface area contributed by atoms with Crippen molar-refractivity contribution >= 4 is 33.2 Å². The smallest absolute Gasteiger partial charge is 0.207 e. The fourth-order valence-corrected chi connectivity index (χ4v) is 4.58. The second-order valence-corrected chi connectivity index (χ2v) is 7.48. The van der Waals surface area contributed by atoms with Gasteiger partial charge in [0.15, 0.2) is 0 Å². The van der Waals surface area contributed by atoms with Crippen LogP contribution in [-0.4, -0.2) is 40.8 Å². The van der Waals surface area contributed by atoms with Gasteiger partial charge in [-0.15, -0.1) is 0 Å². The van der Waals surface area contributed by atoms with Gasteiger partial charge in [0.2, 0.25) is 10.0 Å². The summed E-state index contributed by atoms with van der Waals surface area (Å²) in [4.78, 5) is 1.57. The Hall–Kier alpha value is -1.15. The number of nitrogens with zero attached hydrogens (tertiary/aromatic N) is 4. The molecule has 0 bridgehead atoms. The predicted molar refractivity (Wildman–Crippen MR) is 78.9 cm³/mol. The first-order valence-corrected chi connectivity index (χ1v) is 8.49. The summed E-state index contributed by atoms with van der Waals surface area (Å²) in [5, 5.41) is 8.61. The summed E-state index contributed by atoms with van der Waals surface area (Å²) in [5.41, 5.74) is 0. The lowest BCUT2D eigenvalue weighted by Gasteiger charge is -2.17. The zero-order valence-electron chi connectivity index (χ0n) is 10.9. The van der Waals surface area contributed by atoms with Crippen molar-refractivity contribution in [3.8, 4) is 0 Å². The zero-order chi connectivity index (χ0) is 15.0. The van der Waals surface area contributed by atoms with Crippen LogP contribution in [0, 0.1) is 0 Å². The van der Waals surface area contributed by atoms with Gasteiger partial charge in [-0.3, -0.25) is 0 Å². The second-order valence-electron chi connectivity index (χ2n) is 4.73. The molecule has 1 saturated heterocycles. The Morgan fingerprint density at radius 3 is 2.62 bits per heavy atom. The van der Waals surface area contributed by atoms with Crippen LogP contribution in [0.25, 0.3) is 0 Å². The minimum atomic E-state index is -3.67. The van der Waals surface area contributed by atoms with Gasteiger partial charge in [0.25, 0.3) is 0 Å². The Kier molecular flexibility index (Phi) is 3.92. The van der Waals surface area contributed by atoms with E-state index in [2.05, 4.69) is 10.2 Å². The molecule has 21 heavy (non-hydrogen) atoms. The van der Waals surface area contributed by atoms with Gasteiger partial charge >= 0.3 is 0 Å². The van der Waals surface area contributed by atoms with Crippen molar-refractivity contribution in [2.75, 3.05) is 13.1 Å². The highest BCUT2D eigenvalue weighted by molar-refractivity contribution is 7.89. The van der Waals surface area contributed by atoms with Crippen LogP contribution in [-0.2, 0) is 10.0 Å². The van der Waals surface area contributed by atoms with Gasteiger partial charge in [0, 0.05) is 18.1 Å². The van der Waals surface area contributed by atoms with Gasteiger partial charge in [-0.2, -0.15) is 19.3 Å². The summed E-state index contributed by atoms with van der Waals surface area (Å²) in [7, 11) is -3.67. The minimum Gasteiger partial charge on any atom is -0.207 e. The van der Waals surface area contributed by atoms with E-state index in [1.165, 1.54) is 21.2 Å². The Bertz CT molecular complexity index is 749. The standard InChI is InChI=1S/C12H12Cl2N4O2S/c13-9-1-2-11(14)12(7-9)21(19,20)17-6-3-10(8-17)18-15-4-5-16-18/h1-2,4-5,7,10H,3,6,8H2/t10-/m0/s1. The van der Waals surface area contributed by atoms with E-state index < -0.39 is 10.0 Å². The van der Waals surface area contributed by atoms with Crippen molar-refractivity contribution in [2.24, 2.45) is 0 Å². The number of hydrogen-bond acceptors (Lipinski definition) is 4. The molecule has 1 atom stereocenters. The summed E-state index contributed by atoms with van der Waals surface area (Å²) >= 11 is 11.9. The predicted octanol–water partition coefficient (Wildman–Crippen LogP) is 2.22. The maximum Gasteiger partial charge on any atom is 0.244 e. The monoisotopic (exact) mass is 346 g/mol. The van der Waals surface area contributed by atoms with E-state index in [4.69, 9.17) is 23.2 Å². The van der Waals surface area contributed by atoms with Crippen molar-refractivity contribution < 1.29 is 8.42 Å². The molecule has 0 spiro atoms. The molecule has 2 heterocycles. The third-order valence-electron chi connectivity index (χ3n) is 3.40. The molecule has 112 valence electrons. The Morgan fingerprint density at radius 2 is 1.90 bits per heavy atom. The number of rotatable bonds is 3. The molecule has 3 rings (SSSR count). The molecule has 0 radical (unpaired) electrons. The quantitative estimate of drug-likeness (QED) is 0.854. The fourth-order valence-electron chi connectivity index (χ4n) is 2.35. The first-order valence-electron chi connectivity index (χ1n) is 6.29. The minimum absolute atomic E-state index is 0.0331. The molecule has 0 saturated carbocycles. The zero-order valence-corrected chi connectivity index (χ0v) is 13.2. The van der Waals surface area contributed by atoms with Crippen LogP contribution in [0.3, 0.4) is 0 Å². The normalized spacial score (nSPS) is 20.0. The molecule has 2 aromatic rings. The van der Waals surface area contributed by atoms with Crippen molar-refractivity contribution in [2.45, 2.75) is 17.4 Å². The van der Waals surface area contributed by atoms with Crippen molar-refractivity contribution in [3.05, 3.63) is 40.6 Å². The summed E-state index contributed by atoms with van der Waals surface area (Å²) in [6.45, 7) is 0.719. The van der Waals surface area contributed by atoms with Crippen LogP contribution in [0.1, 0.15) is 12.5 Å². The summed E-state index contributed by atoms with van der Waals surface area (Å²) in [6.07, 6.45) is 3.81. The summed E-state index contributed by atoms with van der Waals surface area (Å²) in [6, 6.07) is 4.36. The number of hydrogen-bond donors (Lipinski definition) is 0. The fraction of sp³-hybridized carbons (Fsp3) is 0.333. The summed E-state index contributed by atoms with van der Waals surface area (Å²) < 4.78 is 26.7. The van der Waals surface area contributed by atoms with Crippen LogP contribution in [0.2, 0.25) is 10.0 Å². The van der Waals surface area contributed by atoms with Crippen molar-refractivity contribution in [3.63, 3.8) is 0 Å². The molecular formula is C12H12Cl2N4O2S. The van der Waals surface area contributed by atoms with E-state index in [0.29, 0.717) is 24.5 Å². The molecule has 1 aliphatic heterocycles. The maximum atomic E-state index is 12.7. The highest BCUT2D eigenvalue weighted by atomic mass is 35.5. The van der Waals surface area contributed by atoms with Crippen molar-refractivity contribution in [1.29, 1.82) is 0 Å². The molecule has 0 amide bonds. The van der Waals surface area contributed by atoms with Gasteiger partial charge in [-0.25, -0.2) is 8.42 Å².